The lowest BCUT2D eigenvalue weighted by atomic mass is 10.2. The molecule has 1 aromatic carbocycles. The second-order valence-electron chi connectivity index (χ2n) is 6.25. The number of esters is 1. The van der Waals surface area contributed by atoms with Gasteiger partial charge in [0, 0.05) is 50.6 Å². The molecule has 1 aromatic rings. The SMILES string of the molecule is O=C(OCC(=O)N1CCN(c2ccc([N+](=O)[O-])cc2)CC1)C1CCCO1. The van der Waals surface area contributed by atoms with Crippen LogP contribution in [0, 0.1) is 10.1 Å². The molecule has 2 saturated heterocycles. The number of carbonyl (C=O) groups is 2. The number of ether oxygens (including phenoxy) is 2. The maximum absolute atomic E-state index is 12.2. The summed E-state index contributed by atoms with van der Waals surface area (Å²) in [5.41, 5.74) is 0.933. The number of nitro groups is 1. The van der Waals surface area contributed by atoms with E-state index >= 15 is 0 Å². The van der Waals surface area contributed by atoms with Gasteiger partial charge in [0.2, 0.25) is 0 Å². The summed E-state index contributed by atoms with van der Waals surface area (Å²) < 4.78 is 10.3. The van der Waals surface area contributed by atoms with Crippen molar-refractivity contribution < 1.29 is 24.0 Å². The Hall–Kier alpha value is -2.68. The van der Waals surface area contributed by atoms with E-state index < -0.39 is 17.0 Å². The van der Waals surface area contributed by atoms with Gasteiger partial charge in [0.15, 0.2) is 12.7 Å². The number of nitrogens with zero attached hydrogens (tertiary/aromatic N) is 3. The maximum atomic E-state index is 12.2. The van der Waals surface area contributed by atoms with Crippen LogP contribution in [0.25, 0.3) is 0 Å². The van der Waals surface area contributed by atoms with Crippen LogP contribution >= 0.6 is 0 Å². The van der Waals surface area contributed by atoms with Gasteiger partial charge in [-0.2, -0.15) is 0 Å². The highest BCUT2D eigenvalue weighted by atomic mass is 16.6. The molecule has 1 atom stereocenters. The third-order valence-corrected chi connectivity index (χ3v) is 4.59. The molecule has 2 aliphatic heterocycles. The van der Waals surface area contributed by atoms with Gasteiger partial charge in [-0.15, -0.1) is 0 Å². The number of benzene rings is 1. The Morgan fingerprint density at radius 2 is 1.88 bits per heavy atom. The van der Waals surface area contributed by atoms with Crippen LogP contribution in [0.5, 0.6) is 0 Å². The number of hydrogen-bond acceptors (Lipinski definition) is 7. The highest BCUT2D eigenvalue weighted by Crippen LogP contribution is 2.20. The molecule has 1 amide bonds. The molecule has 140 valence electrons. The van der Waals surface area contributed by atoms with E-state index in [1.54, 1.807) is 17.0 Å². The van der Waals surface area contributed by atoms with E-state index in [1.165, 1.54) is 12.1 Å². The largest absolute Gasteiger partial charge is 0.454 e. The molecule has 9 nitrogen and oxygen atoms in total. The highest BCUT2D eigenvalue weighted by Gasteiger charge is 2.27. The van der Waals surface area contributed by atoms with Crippen molar-refractivity contribution in [3.05, 3.63) is 34.4 Å². The van der Waals surface area contributed by atoms with Gasteiger partial charge in [0.05, 0.1) is 4.92 Å². The lowest BCUT2D eigenvalue weighted by molar-refractivity contribution is -0.384. The van der Waals surface area contributed by atoms with Crippen LogP contribution in [-0.4, -0.2) is 67.2 Å². The first-order valence-corrected chi connectivity index (χ1v) is 8.60. The van der Waals surface area contributed by atoms with Gasteiger partial charge in [-0.25, -0.2) is 4.79 Å². The molecule has 2 heterocycles. The lowest BCUT2D eigenvalue weighted by Crippen LogP contribution is -2.50. The van der Waals surface area contributed by atoms with Crippen LogP contribution in [-0.2, 0) is 19.1 Å². The van der Waals surface area contributed by atoms with E-state index in [-0.39, 0.29) is 18.2 Å². The quantitative estimate of drug-likeness (QED) is 0.436. The van der Waals surface area contributed by atoms with Gasteiger partial charge in [-0.05, 0) is 25.0 Å². The Bertz CT molecular complexity index is 664. The van der Waals surface area contributed by atoms with Crippen molar-refractivity contribution >= 4 is 23.3 Å². The molecule has 0 saturated carbocycles. The molecule has 0 aliphatic carbocycles. The maximum Gasteiger partial charge on any atom is 0.335 e. The Morgan fingerprint density at radius 3 is 2.46 bits per heavy atom. The first-order chi connectivity index (χ1) is 12.5. The van der Waals surface area contributed by atoms with Gasteiger partial charge in [-0.3, -0.25) is 14.9 Å². The van der Waals surface area contributed by atoms with Crippen molar-refractivity contribution in [1.82, 2.24) is 4.90 Å². The monoisotopic (exact) mass is 363 g/mol. The van der Waals surface area contributed by atoms with E-state index in [2.05, 4.69) is 4.90 Å². The fourth-order valence-corrected chi connectivity index (χ4v) is 3.08. The number of amides is 1. The number of rotatable bonds is 5. The second-order valence-corrected chi connectivity index (χ2v) is 6.25. The Balaban J connectivity index is 1.44. The predicted molar refractivity (Wildman–Crippen MR) is 91.8 cm³/mol. The van der Waals surface area contributed by atoms with Crippen LogP contribution in [0.3, 0.4) is 0 Å². The number of piperazine rings is 1. The van der Waals surface area contributed by atoms with Gasteiger partial charge in [0.1, 0.15) is 0 Å². The van der Waals surface area contributed by atoms with E-state index in [1.807, 2.05) is 0 Å². The molecule has 3 rings (SSSR count). The van der Waals surface area contributed by atoms with E-state index in [9.17, 15) is 19.7 Å². The zero-order chi connectivity index (χ0) is 18.5. The Morgan fingerprint density at radius 1 is 1.19 bits per heavy atom. The third-order valence-electron chi connectivity index (χ3n) is 4.59. The topological polar surface area (TPSA) is 102 Å². The Labute approximate surface area is 150 Å². The highest BCUT2D eigenvalue weighted by molar-refractivity contribution is 5.82. The summed E-state index contributed by atoms with van der Waals surface area (Å²) in [5, 5.41) is 10.7. The average Bonchev–Trinajstić information content (AvgIpc) is 3.21. The fraction of sp³-hybridized carbons (Fsp3) is 0.529. The van der Waals surface area contributed by atoms with Crippen LogP contribution in [0.15, 0.2) is 24.3 Å². The average molecular weight is 363 g/mol. The summed E-state index contributed by atoms with van der Waals surface area (Å²) in [6.45, 7) is 2.53. The smallest absolute Gasteiger partial charge is 0.335 e. The zero-order valence-corrected chi connectivity index (χ0v) is 14.3. The molecular weight excluding hydrogens is 342 g/mol. The number of non-ortho nitro benzene ring substituents is 1. The molecule has 0 aromatic heterocycles. The van der Waals surface area contributed by atoms with Crippen molar-refractivity contribution in [1.29, 1.82) is 0 Å². The van der Waals surface area contributed by atoms with Crippen molar-refractivity contribution in [2.24, 2.45) is 0 Å². The van der Waals surface area contributed by atoms with Crippen LogP contribution < -0.4 is 4.90 Å². The molecule has 2 fully saturated rings. The van der Waals surface area contributed by atoms with Crippen molar-refractivity contribution in [3.8, 4) is 0 Å². The van der Waals surface area contributed by atoms with E-state index in [4.69, 9.17) is 9.47 Å². The van der Waals surface area contributed by atoms with E-state index in [0.29, 0.717) is 39.2 Å². The van der Waals surface area contributed by atoms with Crippen LogP contribution in [0.1, 0.15) is 12.8 Å². The van der Waals surface area contributed by atoms with Crippen LogP contribution in [0.2, 0.25) is 0 Å². The molecule has 2 aliphatic rings. The Kier molecular flexibility index (Phi) is 5.67. The van der Waals surface area contributed by atoms with Crippen molar-refractivity contribution in [2.45, 2.75) is 18.9 Å². The van der Waals surface area contributed by atoms with Gasteiger partial charge < -0.3 is 19.3 Å². The molecule has 9 heteroatoms. The molecular formula is C17H21N3O6. The van der Waals surface area contributed by atoms with Gasteiger partial charge >= 0.3 is 5.97 Å². The first-order valence-electron chi connectivity index (χ1n) is 8.60. The van der Waals surface area contributed by atoms with Gasteiger partial charge in [-0.1, -0.05) is 0 Å². The minimum atomic E-state index is -0.540. The third kappa shape index (κ3) is 4.29. The first kappa shape index (κ1) is 18.1. The fourth-order valence-electron chi connectivity index (χ4n) is 3.08. The summed E-state index contributed by atoms with van der Waals surface area (Å²) in [4.78, 5) is 38.0. The summed E-state index contributed by atoms with van der Waals surface area (Å²) in [5.74, 6) is -0.694. The molecule has 1 unspecified atom stereocenters. The molecule has 26 heavy (non-hydrogen) atoms. The zero-order valence-electron chi connectivity index (χ0n) is 14.3. The number of anilines is 1. The van der Waals surface area contributed by atoms with Crippen molar-refractivity contribution in [2.75, 3.05) is 44.3 Å². The minimum absolute atomic E-state index is 0.0515. The normalized spacial score (nSPS) is 20.1. The molecule has 0 N–H and O–H groups in total. The summed E-state index contributed by atoms with van der Waals surface area (Å²) in [7, 11) is 0. The second kappa shape index (κ2) is 8.13. The predicted octanol–water partition coefficient (Wildman–Crippen LogP) is 0.966. The minimum Gasteiger partial charge on any atom is -0.454 e. The van der Waals surface area contributed by atoms with E-state index in [0.717, 1.165) is 12.1 Å². The summed E-state index contributed by atoms with van der Waals surface area (Å²) >= 11 is 0. The molecule has 0 spiro atoms. The van der Waals surface area contributed by atoms with Crippen LogP contribution in [0.4, 0.5) is 11.4 Å². The number of carbonyl (C=O) groups excluding carboxylic acids is 2. The lowest BCUT2D eigenvalue weighted by Gasteiger charge is -2.36. The molecule has 0 radical (unpaired) electrons. The standard InChI is InChI=1S/C17H21N3O6/c21-16(12-26-17(22)15-2-1-11-25-15)19-9-7-18(8-10-19)13-3-5-14(6-4-13)20(23)24/h3-6,15H,1-2,7-12H2. The van der Waals surface area contributed by atoms with Gasteiger partial charge in [0.25, 0.3) is 11.6 Å². The summed E-state index contributed by atoms with van der Waals surface area (Å²) in [6, 6.07) is 6.35. The summed E-state index contributed by atoms with van der Waals surface area (Å²) in [6.07, 6.45) is 0.931. The molecule has 0 bridgehead atoms. The van der Waals surface area contributed by atoms with Crippen molar-refractivity contribution in [3.63, 3.8) is 0 Å². The number of hydrogen-bond donors (Lipinski definition) is 0. The number of nitro benzene ring substituents is 1.